The van der Waals surface area contributed by atoms with E-state index in [9.17, 15) is 9.18 Å². The highest BCUT2D eigenvalue weighted by molar-refractivity contribution is 6.22. The summed E-state index contributed by atoms with van der Waals surface area (Å²) in [5.41, 5.74) is 4.96. The van der Waals surface area contributed by atoms with Gasteiger partial charge in [0.2, 0.25) is 5.75 Å². The number of hydrogen-bond acceptors (Lipinski definition) is 4. The molecule has 0 spiro atoms. The van der Waals surface area contributed by atoms with Crippen LogP contribution in [0.3, 0.4) is 0 Å². The molecule has 1 N–H and O–H groups in total. The maximum Gasteiger partial charge on any atom is 0.252 e. The fourth-order valence-electron chi connectivity index (χ4n) is 4.59. The highest BCUT2D eigenvalue weighted by Gasteiger charge is 2.33. The molecule has 0 saturated heterocycles. The number of rotatable bonds is 8. The summed E-state index contributed by atoms with van der Waals surface area (Å²) in [6.07, 6.45) is 0.594. The Kier molecular flexibility index (Phi) is 6.87. The molecular formula is C28H28FNO4. The second-order valence-corrected chi connectivity index (χ2v) is 8.25. The van der Waals surface area contributed by atoms with Crippen LogP contribution in [0.25, 0.3) is 5.57 Å². The first-order valence-electron chi connectivity index (χ1n) is 11.1. The number of ether oxygens (including phenoxy) is 3. The van der Waals surface area contributed by atoms with Gasteiger partial charge in [0.25, 0.3) is 5.91 Å². The van der Waals surface area contributed by atoms with Crippen molar-refractivity contribution in [3.05, 3.63) is 94.3 Å². The summed E-state index contributed by atoms with van der Waals surface area (Å²) in [4.78, 5) is 13.2. The zero-order valence-electron chi connectivity index (χ0n) is 19.8. The summed E-state index contributed by atoms with van der Waals surface area (Å²) in [7, 11) is 4.72. The van der Waals surface area contributed by atoms with E-state index in [0.29, 0.717) is 41.4 Å². The van der Waals surface area contributed by atoms with E-state index in [-0.39, 0.29) is 17.6 Å². The monoisotopic (exact) mass is 461 g/mol. The maximum absolute atomic E-state index is 14.2. The lowest BCUT2D eigenvalue weighted by atomic mass is 9.89. The number of allylic oxidation sites excluding steroid dienone is 1. The number of methoxy groups -OCH3 is 3. The molecule has 1 aliphatic carbocycles. The lowest BCUT2D eigenvalue weighted by Crippen LogP contribution is -2.24. The zero-order chi connectivity index (χ0) is 24.2. The first-order valence-corrected chi connectivity index (χ1v) is 11.1. The van der Waals surface area contributed by atoms with Crippen LogP contribution >= 0.6 is 0 Å². The molecule has 1 atom stereocenters. The fraction of sp³-hybridized carbons (Fsp3) is 0.250. The number of nitrogens with one attached hydrogen (secondary N) is 1. The van der Waals surface area contributed by atoms with Crippen LogP contribution in [0, 0.1) is 5.82 Å². The molecule has 1 unspecified atom stereocenters. The van der Waals surface area contributed by atoms with Gasteiger partial charge in [-0.3, -0.25) is 4.79 Å². The van der Waals surface area contributed by atoms with Gasteiger partial charge in [0.1, 0.15) is 5.82 Å². The van der Waals surface area contributed by atoms with Gasteiger partial charge >= 0.3 is 0 Å². The van der Waals surface area contributed by atoms with Crippen molar-refractivity contribution < 1.29 is 23.4 Å². The second-order valence-electron chi connectivity index (χ2n) is 8.25. The van der Waals surface area contributed by atoms with E-state index in [4.69, 9.17) is 14.2 Å². The SMILES string of the molecule is COc1cc(CC2C(C)=C(C(=O)NCc3ccccc3)c3cc(F)ccc32)cc(OC)c1OC. The quantitative estimate of drug-likeness (QED) is 0.496. The maximum atomic E-state index is 14.2. The van der Waals surface area contributed by atoms with Crippen molar-refractivity contribution in [2.45, 2.75) is 25.8 Å². The van der Waals surface area contributed by atoms with Gasteiger partial charge in [0.15, 0.2) is 11.5 Å². The zero-order valence-corrected chi connectivity index (χ0v) is 19.8. The third kappa shape index (κ3) is 4.49. The van der Waals surface area contributed by atoms with Crippen molar-refractivity contribution in [1.29, 1.82) is 0 Å². The van der Waals surface area contributed by atoms with Crippen molar-refractivity contribution in [1.82, 2.24) is 5.32 Å². The van der Waals surface area contributed by atoms with E-state index in [1.54, 1.807) is 27.4 Å². The molecule has 176 valence electrons. The predicted octanol–water partition coefficient (Wildman–Crippen LogP) is 5.28. The van der Waals surface area contributed by atoms with Gasteiger partial charge in [-0.25, -0.2) is 4.39 Å². The van der Waals surface area contributed by atoms with Crippen LogP contribution in [-0.4, -0.2) is 27.2 Å². The van der Waals surface area contributed by atoms with Crippen LogP contribution in [-0.2, 0) is 17.8 Å². The summed E-state index contributed by atoms with van der Waals surface area (Å²) in [6.45, 7) is 2.34. The second kappa shape index (κ2) is 10.00. The molecule has 1 aliphatic rings. The largest absolute Gasteiger partial charge is 0.493 e. The fourth-order valence-corrected chi connectivity index (χ4v) is 4.59. The van der Waals surface area contributed by atoms with Gasteiger partial charge < -0.3 is 19.5 Å². The number of halogens is 1. The van der Waals surface area contributed by atoms with Gasteiger partial charge in [-0.15, -0.1) is 0 Å². The highest BCUT2D eigenvalue weighted by atomic mass is 19.1. The van der Waals surface area contributed by atoms with E-state index < -0.39 is 0 Å². The topological polar surface area (TPSA) is 56.8 Å². The Labute approximate surface area is 199 Å². The average Bonchev–Trinajstić information content (AvgIpc) is 3.12. The molecule has 34 heavy (non-hydrogen) atoms. The molecule has 0 heterocycles. The van der Waals surface area contributed by atoms with E-state index >= 15 is 0 Å². The van der Waals surface area contributed by atoms with Gasteiger partial charge in [-0.1, -0.05) is 42.0 Å². The van der Waals surface area contributed by atoms with Gasteiger partial charge in [0, 0.05) is 18.0 Å². The first-order chi connectivity index (χ1) is 16.5. The van der Waals surface area contributed by atoms with E-state index in [2.05, 4.69) is 5.32 Å². The summed E-state index contributed by atoms with van der Waals surface area (Å²) in [5, 5.41) is 2.99. The van der Waals surface area contributed by atoms with E-state index in [1.165, 1.54) is 12.1 Å². The van der Waals surface area contributed by atoms with Crippen LogP contribution < -0.4 is 19.5 Å². The molecule has 0 radical (unpaired) electrons. The Morgan fingerprint density at radius 3 is 2.21 bits per heavy atom. The lowest BCUT2D eigenvalue weighted by molar-refractivity contribution is -0.115. The third-order valence-electron chi connectivity index (χ3n) is 6.26. The third-order valence-corrected chi connectivity index (χ3v) is 6.26. The summed E-state index contributed by atoms with van der Waals surface area (Å²) >= 11 is 0. The minimum absolute atomic E-state index is 0.0871. The molecule has 4 rings (SSSR count). The van der Waals surface area contributed by atoms with Crippen molar-refractivity contribution in [3.63, 3.8) is 0 Å². The van der Waals surface area contributed by atoms with Gasteiger partial charge in [-0.2, -0.15) is 0 Å². The van der Waals surface area contributed by atoms with Crippen LogP contribution in [0.15, 0.2) is 66.2 Å². The van der Waals surface area contributed by atoms with Crippen LogP contribution in [0.4, 0.5) is 4.39 Å². The van der Waals surface area contributed by atoms with Crippen molar-refractivity contribution >= 4 is 11.5 Å². The smallest absolute Gasteiger partial charge is 0.252 e. The van der Waals surface area contributed by atoms with Gasteiger partial charge in [0.05, 0.1) is 21.3 Å². The molecule has 0 fully saturated rings. The highest BCUT2D eigenvalue weighted by Crippen LogP contribution is 2.46. The standard InChI is InChI=1S/C28H28FNO4/c1-17-22(12-19-13-24(32-2)27(34-4)25(14-19)33-3)21-11-10-20(29)15-23(21)26(17)28(31)30-16-18-8-6-5-7-9-18/h5-11,13-15,22H,12,16H2,1-4H3,(H,30,31). The molecule has 3 aromatic carbocycles. The number of fused-ring (bicyclic) bond motifs is 1. The number of benzene rings is 3. The molecule has 5 nitrogen and oxygen atoms in total. The van der Waals surface area contributed by atoms with Gasteiger partial charge in [-0.05, 0) is 59.9 Å². The average molecular weight is 462 g/mol. The minimum Gasteiger partial charge on any atom is -0.493 e. The molecule has 0 bridgehead atoms. The summed E-state index contributed by atoms with van der Waals surface area (Å²) < 4.78 is 30.6. The Balaban J connectivity index is 1.68. The number of amides is 1. The Hall–Kier alpha value is -3.80. The Morgan fingerprint density at radius 1 is 0.912 bits per heavy atom. The van der Waals surface area contributed by atoms with Crippen LogP contribution in [0.5, 0.6) is 17.2 Å². The van der Waals surface area contributed by atoms with E-state index in [0.717, 1.165) is 22.3 Å². The normalized spacial score (nSPS) is 14.6. The summed E-state index contributed by atoms with van der Waals surface area (Å²) in [6, 6.07) is 18.2. The minimum atomic E-state index is -0.367. The summed E-state index contributed by atoms with van der Waals surface area (Å²) in [5.74, 6) is 0.994. The van der Waals surface area contributed by atoms with Crippen molar-refractivity contribution in [3.8, 4) is 17.2 Å². The molecule has 1 amide bonds. The molecule has 0 saturated carbocycles. The van der Waals surface area contributed by atoms with Crippen molar-refractivity contribution in [2.75, 3.05) is 21.3 Å². The van der Waals surface area contributed by atoms with Crippen LogP contribution in [0.1, 0.15) is 35.1 Å². The van der Waals surface area contributed by atoms with Crippen LogP contribution in [0.2, 0.25) is 0 Å². The lowest BCUT2D eigenvalue weighted by Gasteiger charge is -2.18. The number of carbonyl (C=O) groups excluding carboxylic acids is 1. The van der Waals surface area contributed by atoms with E-state index in [1.807, 2.05) is 49.4 Å². The molecule has 0 aromatic heterocycles. The van der Waals surface area contributed by atoms with Crippen molar-refractivity contribution in [2.24, 2.45) is 0 Å². The molecular weight excluding hydrogens is 433 g/mol. The number of hydrogen-bond donors (Lipinski definition) is 1. The Bertz CT molecular complexity index is 1210. The molecule has 3 aromatic rings. The molecule has 0 aliphatic heterocycles. The molecule has 6 heteroatoms. The predicted molar refractivity (Wildman–Crippen MR) is 130 cm³/mol. The first kappa shape index (κ1) is 23.4. The number of carbonyl (C=O) groups is 1. The Morgan fingerprint density at radius 2 is 1.59 bits per heavy atom.